The highest BCUT2D eigenvalue weighted by Gasteiger charge is 2.35. The molecular formula is C24H30N6O3. The molecule has 0 saturated carbocycles. The zero-order valence-corrected chi connectivity index (χ0v) is 18.9. The Morgan fingerprint density at radius 3 is 2.67 bits per heavy atom. The van der Waals surface area contributed by atoms with Gasteiger partial charge in [0, 0.05) is 44.1 Å². The summed E-state index contributed by atoms with van der Waals surface area (Å²) in [5.74, 6) is 0.763. The third-order valence-electron chi connectivity index (χ3n) is 6.82. The molecule has 3 aromatic rings. The van der Waals surface area contributed by atoms with Crippen molar-refractivity contribution in [3.8, 4) is 5.75 Å². The molecule has 0 bridgehead atoms. The molecule has 4 heterocycles. The molecule has 2 aromatic heterocycles. The number of hydrogen-bond donors (Lipinski definition) is 1. The lowest BCUT2D eigenvalue weighted by atomic mass is 10.00. The van der Waals surface area contributed by atoms with Gasteiger partial charge in [0.15, 0.2) is 0 Å². The summed E-state index contributed by atoms with van der Waals surface area (Å²) in [5.41, 5.74) is 2.19. The molecule has 0 radical (unpaired) electrons. The molecule has 1 amide bonds. The van der Waals surface area contributed by atoms with Gasteiger partial charge in [-0.05, 0) is 51.2 Å². The van der Waals surface area contributed by atoms with Crippen molar-refractivity contribution in [3.63, 3.8) is 0 Å². The van der Waals surface area contributed by atoms with Crippen LogP contribution in [0.2, 0.25) is 0 Å². The molecule has 9 nitrogen and oxygen atoms in total. The standard InChI is InChI=1S/C24H30N6O3/c1-2-33-19-6-7-21-20(13-19)27-24(32)30(21)18-8-11-28(12-9-18)22-5-3-4-10-29(22)23(31)17-14-25-16-26-15-17/h6-7,13-16,18,22H,2-5,8-12H2,1H3,(H,27,32). The number of rotatable bonds is 5. The molecule has 1 atom stereocenters. The Bertz CT molecular complexity index is 1170. The number of imidazole rings is 1. The molecule has 0 spiro atoms. The fourth-order valence-electron chi connectivity index (χ4n) is 5.28. The average molecular weight is 451 g/mol. The summed E-state index contributed by atoms with van der Waals surface area (Å²) in [4.78, 5) is 41.3. The minimum Gasteiger partial charge on any atom is -0.494 e. The number of ether oxygens (including phenoxy) is 1. The van der Waals surface area contributed by atoms with Gasteiger partial charge in [-0.3, -0.25) is 14.3 Å². The van der Waals surface area contributed by atoms with Crippen LogP contribution >= 0.6 is 0 Å². The lowest BCUT2D eigenvalue weighted by molar-refractivity contribution is 0.00115. The number of aromatic amines is 1. The van der Waals surface area contributed by atoms with Crippen molar-refractivity contribution < 1.29 is 9.53 Å². The van der Waals surface area contributed by atoms with Gasteiger partial charge in [0.05, 0.1) is 29.4 Å². The summed E-state index contributed by atoms with van der Waals surface area (Å²) >= 11 is 0. The van der Waals surface area contributed by atoms with Gasteiger partial charge in [0.1, 0.15) is 12.1 Å². The lowest BCUT2D eigenvalue weighted by Crippen LogP contribution is -2.55. The van der Waals surface area contributed by atoms with E-state index in [0.717, 1.165) is 68.5 Å². The molecule has 33 heavy (non-hydrogen) atoms. The first kappa shape index (κ1) is 21.6. The van der Waals surface area contributed by atoms with Gasteiger partial charge in [-0.1, -0.05) is 0 Å². The number of benzene rings is 1. The van der Waals surface area contributed by atoms with Crippen molar-refractivity contribution in [2.75, 3.05) is 26.2 Å². The van der Waals surface area contributed by atoms with E-state index >= 15 is 0 Å². The number of amides is 1. The molecule has 9 heteroatoms. The van der Waals surface area contributed by atoms with Crippen LogP contribution in [0.4, 0.5) is 0 Å². The van der Waals surface area contributed by atoms with Crippen molar-refractivity contribution in [1.29, 1.82) is 0 Å². The maximum Gasteiger partial charge on any atom is 0.326 e. The van der Waals surface area contributed by atoms with Crippen LogP contribution in [0, 0.1) is 0 Å². The summed E-state index contributed by atoms with van der Waals surface area (Å²) in [6.45, 7) is 4.98. The average Bonchev–Trinajstić information content (AvgIpc) is 3.19. The Hall–Kier alpha value is -3.20. The quantitative estimate of drug-likeness (QED) is 0.642. The minimum atomic E-state index is -0.0735. The molecule has 1 unspecified atom stereocenters. The van der Waals surface area contributed by atoms with Gasteiger partial charge in [-0.15, -0.1) is 0 Å². The highest BCUT2D eigenvalue weighted by molar-refractivity contribution is 5.93. The Balaban J connectivity index is 1.31. The number of carbonyl (C=O) groups excluding carboxylic acids is 1. The zero-order chi connectivity index (χ0) is 22.8. The normalized spacial score (nSPS) is 20.3. The number of piperidine rings is 2. The largest absolute Gasteiger partial charge is 0.494 e. The third kappa shape index (κ3) is 4.25. The van der Waals surface area contributed by atoms with E-state index in [-0.39, 0.29) is 23.8 Å². The second-order valence-electron chi connectivity index (χ2n) is 8.78. The molecule has 2 saturated heterocycles. The predicted molar refractivity (Wildman–Crippen MR) is 124 cm³/mol. The number of nitrogens with zero attached hydrogens (tertiary/aromatic N) is 5. The second kappa shape index (κ2) is 9.35. The highest BCUT2D eigenvalue weighted by atomic mass is 16.5. The first-order valence-electron chi connectivity index (χ1n) is 11.8. The van der Waals surface area contributed by atoms with Crippen molar-refractivity contribution in [2.45, 2.75) is 51.2 Å². The number of H-pyrrole nitrogens is 1. The van der Waals surface area contributed by atoms with Crippen molar-refractivity contribution in [1.82, 2.24) is 29.3 Å². The summed E-state index contributed by atoms with van der Waals surface area (Å²) in [6.07, 6.45) is 9.55. The summed E-state index contributed by atoms with van der Waals surface area (Å²) in [5, 5.41) is 0. The van der Waals surface area contributed by atoms with E-state index in [9.17, 15) is 9.59 Å². The van der Waals surface area contributed by atoms with E-state index in [1.54, 1.807) is 12.4 Å². The first-order chi connectivity index (χ1) is 16.2. The fraction of sp³-hybridized carbons (Fsp3) is 0.500. The number of hydrogen-bond acceptors (Lipinski definition) is 6. The van der Waals surface area contributed by atoms with Crippen LogP contribution in [0.1, 0.15) is 55.4 Å². The molecular weight excluding hydrogens is 420 g/mol. The summed E-state index contributed by atoms with van der Waals surface area (Å²) in [6, 6.07) is 5.91. The van der Waals surface area contributed by atoms with E-state index in [2.05, 4.69) is 19.9 Å². The van der Waals surface area contributed by atoms with Crippen LogP contribution in [0.25, 0.3) is 11.0 Å². The molecule has 2 aliphatic rings. The van der Waals surface area contributed by atoms with Gasteiger partial charge in [0.2, 0.25) is 0 Å². The Morgan fingerprint density at radius 1 is 1.12 bits per heavy atom. The van der Waals surface area contributed by atoms with Gasteiger partial charge in [0.25, 0.3) is 5.91 Å². The first-order valence-corrected chi connectivity index (χ1v) is 11.8. The van der Waals surface area contributed by atoms with Crippen LogP contribution < -0.4 is 10.4 Å². The van der Waals surface area contributed by atoms with E-state index in [0.29, 0.717) is 12.2 Å². The fourth-order valence-corrected chi connectivity index (χ4v) is 5.28. The minimum absolute atomic E-state index is 0.000346. The Morgan fingerprint density at radius 2 is 1.91 bits per heavy atom. The van der Waals surface area contributed by atoms with Crippen LogP contribution in [-0.4, -0.2) is 67.6 Å². The number of aromatic nitrogens is 4. The highest BCUT2D eigenvalue weighted by Crippen LogP contribution is 2.30. The zero-order valence-electron chi connectivity index (χ0n) is 18.9. The van der Waals surface area contributed by atoms with Crippen molar-refractivity contribution in [2.24, 2.45) is 0 Å². The van der Waals surface area contributed by atoms with Crippen LogP contribution in [-0.2, 0) is 0 Å². The van der Waals surface area contributed by atoms with Gasteiger partial charge >= 0.3 is 5.69 Å². The SMILES string of the molecule is CCOc1ccc2c(c1)[nH]c(=O)n2C1CCN(C2CCCCN2C(=O)c2cncnc2)CC1. The molecule has 5 rings (SSSR count). The number of nitrogens with one attached hydrogen (secondary N) is 1. The molecule has 1 N–H and O–H groups in total. The van der Waals surface area contributed by atoms with E-state index in [1.165, 1.54) is 6.33 Å². The monoisotopic (exact) mass is 450 g/mol. The Kier molecular flexibility index (Phi) is 6.13. The molecule has 1 aromatic carbocycles. The van der Waals surface area contributed by atoms with Crippen LogP contribution in [0.15, 0.2) is 41.7 Å². The maximum absolute atomic E-state index is 13.1. The van der Waals surface area contributed by atoms with Crippen LogP contribution in [0.5, 0.6) is 5.75 Å². The van der Waals surface area contributed by atoms with Gasteiger partial charge in [-0.25, -0.2) is 14.8 Å². The third-order valence-corrected chi connectivity index (χ3v) is 6.82. The maximum atomic E-state index is 13.1. The smallest absolute Gasteiger partial charge is 0.326 e. The van der Waals surface area contributed by atoms with E-state index in [4.69, 9.17) is 4.74 Å². The predicted octanol–water partition coefficient (Wildman–Crippen LogP) is 2.81. The second-order valence-corrected chi connectivity index (χ2v) is 8.78. The number of carbonyl (C=O) groups is 1. The topological polar surface area (TPSA) is 96.4 Å². The molecule has 2 aliphatic heterocycles. The van der Waals surface area contributed by atoms with E-state index in [1.807, 2.05) is 34.6 Å². The number of fused-ring (bicyclic) bond motifs is 1. The van der Waals surface area contributed by atoms with Crippen molar-refractivity contribution >= 4 is 16.9 Å². The van der Waals surface area contributed by atoms with Gasteiger partial charge in [-0.2, -0.15) is 0 Å². The molecule has 174 valence electrons. The Labute approximate surface area is 192 Å². The van der Waals surface area contributed by atoms with Crippen LogP contribution in [0.3, 0.4) is 0 Å². The summed E-state index contributed by atoms with van der Waals surface area (Å²) < 4.78 is 7.47. The molecule has 2 fully saturated rings. The van der Waals surface area contributed by atoms with Gasteiger partial charge < -0.3 is 14.6 Å². The van der Waals surface area contributed by atoms with E-state index < -0.39 is 0 Å². The molecule has 0 aliphatic carbocycles. The number of likely N-dealkylation sites (tertiary alicyclic amines) is 2. The summed E-state index contributed by atoms with van der Waals surface area (Å²) in [7, 11) is 0. The lowest BCUT2D eigenvalue weighted by Gasteiger charge is -2.45. The van der Waals surface area contributed by atoms with Crippen molar-refractivity contribution in [3.05, 3.63) is 53.0 Å².